The molecular formula is C30H37N7O4S. The molecule has 0 aliphatic heterocycles. The highest BCUT2D eigenvalue weighted by Gasteiger charge is 2.17. The number of aromatic nitrogens is 1. The quantitative estimate of drug-likeness (QED) is 0.0559. The van der Waals surface area contributed by atoms with Crippen LogP contribution < -0.4 is 21.5 Å². The second kappa shape index (κ2) is 16.4. The Kier molecular flexibility index (Phi) is 12.0. The molecule has 0 unspecified atom stereocenters. The summed E-state index contributed by atoms with van der Waals surface area (Å²) in [5, 5.41) is 16.8. The first-order valence-electron chi connectivity index (χ1n) is 13.7. The van der Waals surface area contributed by atoms with Crippen molar-refractivity contribution < 1.29 is 19.0 Å². The zero-order chi connectivity index (χ0) is 29.6. The predicted molar refractivity (Wildman–Crippen MR) is 166 cm³/mol. The van der Waals surface area contributed by atoms with Crippen LogP contribution in [0.5, 0.6) is 5.75 Å². The van der Waals surface area contributed by atoms with E-state index in [1.807, 2.05) is 70.6 Å². The number of amides is 1. The zero-order valence-corrected chi connectivity index (χ0v) is 24.5. The summed E-state index contributed by atoms with van der Waals surface area (Å²) in [6.07, 6.45) is 0.730. The SMILES string of the molecule is COc1ccc(CCNC(=O)c2cc3sccc3n2Cc2ccc(/C(N)=N/N=NCCOCCOCCN)cc2)cc1. The number of amidine groups is 1. The minimum Gasteiger partial charge on any atom is -0.497 e. The van der Waals surface area contributed by atoms with Gasteiger partial charge in [0.2, 0.25) is 0 Å². The average molecular weight is 592 g/mol. The van der Waals surface area contributed by atoms with Crippen molar-refractivity contribution >= 4 is 33.3 Å². The average Bonchev–Trinajstić information content (AvgIpc) is 3.61. The van der Waals surface area contributed by atoms with Gasteiger partial charge in [-0.25, -0.2) is 0 Å². The van der Waals surface area contributed by atoms with E-state index < -0.39 is 0 Å². The van der Waals surface area contributed by atoms with Crippen LogP contribution in [-0.2, 0) is 22.4 Å². The summed E-state index contributed by atoms with van der Waals surface area (Å²) in [6.45, 7) is 3.85. The standard InChI is InChI=1S/C30H37N7O4S/c1-39-25-8-4-22(5-9-25)10-13-33-30(38)27-20-28-26(11-19-42-28)37(27)21-23-2-6-24(7-3-23)29(32)35-36-34-14-16-41-18-17-40-15-12-31/h2-9,11,19-20H,10,12-18,21,31H2,1H3,(H,33,38)(H2,32,34,35). The Balaban J connectivity index is 1.31. The Morgan fingerprint density at radius 2 is 1.71 bits per heavy atom. The van der Waals surface area contributed by atoms with E-state index in [0.717, 1.165) is 39.1 Å². The van der Waals surface area contributed by atoms with Gasteiger partial charge >= 0.3 is 0 Å². The molecule has 0 aliphatic carbocycles. The zero-order valence-electron chi connectivity index (χ0n) is 23.7. The molecule has 0 saturated carbocycles. The smallest absolute Gasteiger partial charge is 0.267 e. The first-order chi connectivity index (χ1) is 20.6. The van der Waals surface area contributed by atoms with Crippen LogP contribution in [0.3, 0.4) is 0 Å². The summed E-state index contributed by atoms with van der Waals surface area (Å²) in [6, 6.07) is 19.6. The number of thiophene rings is 1. The van der Waals surface area contributed by atoms with E-state index in [2.05, 4.69) is 20.8 Å². The number of rotatable bonds is 17. The molecule has 2 heterocycles. The summed E-state index contributed by atoms with van der Waals surface area (Å²) in [5.41, 5.74) is 16.0. The number of benzene rings is 2. The van der Waals surface area contributed by atoms with Crippen molar-refractivity contribution in [2.45, 2.75) is 13.0 Å². The summed E-state index contributed by atoms with van der Waals surface area (Å²) in [4.78, 5) is 13.2. The summed E-state index contributed by atoms with van der Waals surface area (Å²) in [7, 11) is 1.64. The topological polar surface area (TPSA) is 151 Å². The van der Waals surface area contributed by atoms with Gasteiger partial charge in [-0.05, 0) is 52.4 Å². The fourth-order valence-electron chi connectivity index (χ4n) is 4.20. The third kappa shape index (κ3) is 8.95. The van der Waals surface area contributed by atoms with Crippen molar-refractivity contribution in [2.75, 3.05) is 53.2 Å². The Morgan fingerprint density at radius 1 is 0.976 bits per heavy atom. The molecule has 5 N–H and O–H groups in total. The lowest BCUT2D eigenvalue weighted by molar-refractivity contribution is 0.0536. The molecule has 0 bridgehead atoms. The molecule has 0 aliphatic rings. The molecule has 222 valence electrons. The highest BCUT2D eigenvalue weighted by molar-refractivity contribution is 7.17. The van der Waals surface area contributed by atoms with Crippen molar-refractivity contribution in [3.8, 4) is 5.75 Å². The van der Waals surface area contributed by atoms with Gasteiger partial charge in [-0.1, -0.05) is 36.4 Å². The van der Waals surface area contributed by atoms with Crippen LogP contribution in [0.4, 0.5) is 0 Å². The number of ether oxygens (including phenoxy) is 3. The van der Waals surface area contributed by atoms with Crippen molar-refractivity contribution in [2.24, 2.45) is 26.9 Å². The Labute approximate surface area is 249 Å². The number of fused-ring (bicyclic) bond motifs is 1. The fraction of sp³-hybridized carbons (Fsp3) is 0.333. The molecule has 4 aromatic rings. The van der Waals surface area contributed by atoms with Crippen LogP contribution in [0.2, 0.25) is 0 Å². The Hall–Kier alpha value is -4.10. The third-order valence-corrected chi connectivity index (χ3v) is 7.24. The molecule has 2 aromatic heterocycles. The van der Waals surface area contributed by atoms with Crippen LogP contribution in [-0.4, -0.2) is 69.5 Å². The summed E-state index contributed by atoms with van der Waals surface area (Å²) < 4.78 is 18.9. The highest BCUT2D eigenvalue weighted by Crippen LogP contribution is 2.26. The summed E-state index contributed by atoms with van der Waals surface area (Å²) in [5.74, 6) is 0.975. The van der Waals surface area contributed by atoms with E-state index in [1.54, 1.807) is 18.4 Å². The van der Waals surface area contributed by atoms with Crippen molar-refractivity contribution in [3.05, 3.63) is 88.4 Å². The van der Waals surface area contributed by atoms with Crippen LogP contribution in [0.15, 0.2) is 81.5 Å². The molecule has 2 aromatic carbocycles. The van der Waals surface area contributed by atoms with Gasteiger partial charge in [0.25, 0.3) is 5.91 Å². The molecule has 0 fully saturated rings. The molecule has 1 amide bonds. The van der Waals surface area contributed by atoms with Gasteiger partial charge < -0.3 is 35.6 Å². The maximum atomic E-state index is 13.2. The number of methoxy groups -OCH3 is 1. The summed E-state index contributed by atoms with van der Waals surface area (Å²) >= 11 is 1.62. The van der Waals surface area contributed by atoms with Crippen LogP contribution >= 0.6 is 11.3 Å². The lowest BCUT2D eigenvalue weighted by atomic mass is 10.1. The first-order valence-corrected chi connectivity index (χ1v) is 14.6. The van der Waals surface area contributed by atoms with Gasteiger partial charge in [0, 0.05) is 25.2 Å². The van der Waals surface area contributed by atoms with Crippen molar-refractivity contribution in [1.82, 2.24) is 9.88 Å². The van der Waals surface area contributed by atoms with E-state index in [1.165, 1.54) is 0 Å². The van der Waals surface area contributed by atoms with Crippen LogP contribution in [0, 0.1) is 0 Å². The third-order valence-electron chi connectivity index (χ3n) is 6.39. The normalized spacial score (nSPS) is 11.9. The number of carbonyl (C=O) groups excluding carboxylic acids is 1. The monoisotopic (exact) mass is 591 g/mol. The predicted octanol–water partition coefficient (Wildman–Crippen LogP) is 3.80. The van der Waals surface area contributed by atoms with E-state index in [9.17, 15) is 4.79 Å². The molecule has 4 rings (SSSR count). The van der Waals surface area contributed by atoms with Crippen molar-refractivity contribution in [1.29, 1.82) is 0 Å². The fourth-order valence-corrected chi connectivity index (χ4v) is 5.02. The van der Waals surface area contributed by atoms with Gasteiger partial charge in [-0.3, -0.25) is 4.79 Å². The largest absolute Gasteiger partial charge is 0.497 e. The van der Waals surface area contributed by atoms with E-state index >= 15 is 0 Å². The van der Waals surface area contributed by atoms with Gasteiger partial charge in [-0.15, -0.1) is 16.4 Å². The lowest BCUT2D eigenvalue weighted by Gasteiger charge is -2.12. The number of hydrogen-bond donors (Lipinski definition) is 3. The lowest BCUT2D eigenvalue weighted by Crippen LogP contribution is -2.28. The van der Waals surface area contributed by atoms with Crippen LogP contribution in [0.1, 0.15) is 27.2 Å². The van der Waals surface area contributed by atoms with E-state index in [4.69, 9.17) is 25.7 Å². The molecule has 0 spiro atoms. The minimum atomic E-state index is -0.101. The Morgan fingerprint density at radius 3 is 2.45 bits per heavy atom. The number of nitrogens with zero attached hydrogens (tertiary/aromatic N) is 4. The van der Waals surface area contributed by atoms with Gasteiger partial charge in [0.15, 0.2) is 5.84 Å². The molecule has 0 radical (unpaired) electrons. The molecule has 0 atom stereocenters. The van der Waals surface area contributed by atoms with E-state index in [-0.39, 0.29) is 11.7 Å². The van der Waals surface area contributed by atoms with Crippen LogP contribution in [0.25, 0.3) is 10.2 Å². The second-order valence-corrected chi connectivity index (χ2v) is 10.2. The molecule has 11 nitrogen and oxygen atoms in total. The molecular weight excluding hydrogens is 554 g/mol. The maximum Gasteiger partial charge on any atom is 0.267 e. The maximum absolute atomic E-state index is 13.2. The highest BCUT2D eigenvalue weighted by atomic mass is 32.1. The number of nitrogens with one attached hydrogen (secondary N) is 1. The Bertz CT molecular complexity index is 1460. The molecule has 0 saturated heterocycles. The first kappa shape index (κ1) is 30.8. The van der Waals surface area contributed by atoms with Gasteiger partial charge in [0.1, 0.15) is 11.4 Å². The number of hydrogen-bond acceptors (Lipinski definition) is 8. The molecule has 42 heavy (non-hydrogen) atoms. The van der Waals surface area contributed by atoms with Crippen molar-refractivity contribution in [3.63, 3.8) is 0 Å². The second-order valence-electron chi connectivity index (χ2n) is 9.29. The number of carbonyl (C=O) groups is 1. The van der Waals surface area contributed by atoms with E-state index in [0.29, 0.717) is 58.3 Å². The van der Waals surface area contributed by atoms with Gasteiger partial charge in [0.05, 0.1) is 50.3 Å². The molecule has 12 heteroatoms. The van der Waals surface area contributed by atoms with Gasteiger partial charge in [-0.2, -0.15) is 5.11 Å². The minimum absolute atomic E-state index is 0.101. The number of nitrogens with two attached hydrogens (primary N) is 2.